The van der Waals surface area contributed by atoms with E-state index in [0.717, 1.165) is 22.0 Å². The van der Waals surface area contributed by atoms with E-state index >= 15 is 0 Å². The van der Waals surface area contributed by atoms with Gasteiger partial charge in [0, 0.05) is 50.2 Å². The predicted octanol–water partition coefficient (Wildman–Crippen LogP) is 3.48. The number of anilines is 1. The molecule has 1 aliphatic heterocycles. The second-order valence-corrected chi connectivity index (χ2v) is 9.82. The third-order valence-corrected chi connectivity index (χ3v) is 7.62. The van der Waals surface area contributed by atoms with Crippen LogP contribution in [-0.4, -0.2) is 56.3 Å². The summed E-state index contributed by atoms with van der Waals surface area (Å²) in [6.07, 6.45) is 0.369. The van der Waals surface area contributed by atoms with Crippen molar-refractivity contribution in [1.82, 2.24) is 9.21 Å². The van der Waals surface area contributed by atoms with E-state index in [0.29, 0.717) is 44.0 Å². The quantitative estimate of drug-likeness (QED) is 0.641. The number of hydrogen-bond acceptors (Lipinski definition) is 4. The molecule has 0 atom stereocenters. The number of carbonyl (C=O) groups excluding carboxylic acids is 1. The number of nitrogens with zero attached hydrogens (tertiary/aromatic N) is 2. The summed E-state index contributed by atoms with van der Waals surface area (Å²) in [6, 6.07) is 20.8. The van der Waals surface area contributed by atoms with Crippen molar-refractivity contribution in [2.75, 3.05) is 38.0 Å². The molecule has 7 heteroatoms. The smallest absolute Gasteiger partial charge is 0.243 e. The molecule has 1 N–H and O–H groups in total. The molecule has 1 fully saturated rings. The first-order valence-electron chi connectivity index (χ1n) is 10.5. The second-order valence-electron chi connectivity index (χ2n) is 7.88. The molecular weight excluding hydrogens is 410 g/mol. The molecule has 1 heterocycles. The summed E-state index contributed by atoms with van der Waals surface area (Å²) < 4.78 is 27.2. The number of carbonyl (C=O) groups is 1. The van der Waals surface area contributed by atoms with Gasteiger partial charge < -0.3 is 10.2 Å². The van der Waals surface area contributed by atoms with Gasteiger partial charge in [0.05, 0.1) is 4.90 Å². The number of nitrogens with one attached hydrogen (secondary N) is 1. The second kappa shape index (κ2) is 9.18. The highest BCUT2D eigenvalue weighted by Gasteiger charge is 2.28. The molecule has 1 saturated heterocycles. The van der Waals surface area contributed by atoms with Gasteiger partial charge in [0.25, 0.3) is 0 Å². The van der Waals surface area contributed by atoms with Crippen LogP contribution >= 0.6 is 0 Å². The van der Waals surface area contributed by atoms with E-state index < -0.39 is 10.0 Å². The lowest BCUT2D eigenvalue weighted by Gasteiger charge is -2.33. The Balaban J connectivity index is 1.29. The summed E-state index contributed by atoms with van der Waals surface area (Å²) in [6.45, 7) is 4.64. The average Bonchev–Trinajstić information content (AvgIpc) is 2.78. The molecule has 4 rings (SSSR count). The van der Waals surface area contributed by atoms with Gasteiger partial charge in [0.15, 0.2) is 0 Å². The summed E-state index contributed by atoms with van der Waals surface area (Å²) in [7, 11) is -3.47. The van der Waals surface area contributed by atoms with Crippen LogP contribution in [0.25, 0.3) is 10.8 Å². The maximum absolute atomic E-state index is 12.8. The number of amides is 1. The van der Waals surface area contributed by atoms with E-state index in [-0.39, 0.29) is 5.91 Å². The molecule has 0 saturated carbocycles. The van der Waals surface area contributed by atoms with Crippen LogP contribution in [0.15, 0.2) is 71.6 Å². The van der Waals surface area contributed by atoms with E-state index in [1.165, 1.54) is 4.31 Å². The van der Waals surface area contributed by atoms with Gasteiger partial charge >= 0.3 is 0 Å². The number of hydrogen-bond donors (Lipinski definition) is 1. The highest BCUT2D eigenvalue weighted by Crippen LogP contribution is 2.23. The molecule has 6 nitrogen and oxygen atoms in total. The van der Waals surface area contributed by atoms with Crippen molar-refractivity contribution in [3.63, 3.8) is 0 Å². The van der Waals surface area contributed by atoms with Crippen LogP contribution in [0.4, 0.5) is 5.69 Å². The van der Waals surface area contributed by atoms with Crippen molar-refractivity contribution in [1.29, 1.82) is 0 Å². The van der Waals surface area contributed by atoms with E-state index in [9.17, 15) is 13.2 Å². The van der Waals surface area contributed by atoms with E-state index in [4.69, 9.17) is 0 Å². The minimum atomic E-state index is -3.47. The Morgan fingerprint density at radius 3 is 2.32 bits per heavy atom. The largest absolute Gasteiger partial charge is 0.325 e. The van der Waals surface area contributed by atoms with E-state index in [2.05, 4.69) is 10.2 Å². The fourth-order valence-corrected chi connectivity index (χ4v) is 5.28. The van der Waals surface area contributed by atoms with E-state index in [1.54, 1.807) is 12.1 Å². The Labute approximate surface area is 183 Å². The maximum Gasteiger partial charge on any atom is 0.243 e. The summed E-state index contributed by atoms with van der Waals surface area (Å²) in [5.41, 5.74) is 1.85. The zero-order chi connectivity index (χ0) is 21.8. The Morgan fingerprint density at radius 2 is 1.58 bits per heavy atom. The molecule has 1 amide bonds. The van der Waals surface area contributed by atoms with Crippen LogP contribution in [0, 0.1) is 6.92 Å². The van der Waals surface area contributed by atoms with Crippen molar-refractivity contribution in [3.8, 4) is 0 Å². The summed E-state index contributed by atoms with van der Waals surface area (Å²) >= 11 is 0. The lowest BCUT2D eigenvalue weighted by Crippen LogP contribution is -2.49. The van der Waals surface area contributed by atoms with Crippen molar-refractivity contribution in [2.45, 2.75) is 18.2 Å². The highest BCUT2D eigenvalue weighted by atomic mass is 32.2. The molecular formula is C24H27N3O3S. The molecule has 1 aliphatic rings. The zero-order valence-electron chi connectivity index (χ0n) is 17.6. The Morgan fingerprint density at radius 1 is 0.903 bits per heavy atom. The Kier molecular flexibility index (Phi) is 6.36. The van der Waals surface area contributed by atoms with Crippen LogP contribution in [-0.2, 0) is 14.8 Å². The molecule has 3 aromatic carbocycles. The van der Waals surface area contributed by atoms with Gasteiger partial charge in [-0.05, 0) is 30.5 Å². The van der Waals surface area contributed by atoms with Crippen molar-refractivity contribution in [2.24, 2.45) is 0 Å². The van der Waals surface area contributed by atoms with Gasteiger partial charge in [-0.25, -0.2) is 8.42 Å². The van der Waals surface area contributed by atoms with Crippen LogP contribution in [0.1, 0.15) is 12.0 Å². The lowest BCUT2D eigenvalue weighted by atomic mass is 10.1. The van der Waals surface area contributed by atoms with E-state index in [1.807, 2.05) is 61.5 Å². The average molecular weight is 438 g/mol. The maximum atomic E-state index is 12.8. The SMILES string of the molecule is Cc1ccc(S(=O)(=O)N2CCN(CCC(=O)Nc3cccc4ccccc34)CC2)cc1. The van der Waals surface area contributed by atoms with Crippen LogP contribution < -0.4 is 5.32 Å². The third-order valence-electron chi connectivity index (χ3n) is 5.71. The fraction of sp³-hybridized carbons (Fsp3) is 0.292. The van der Waals surface area contributed by atoms with Crippen LogP contribution in [0.5, 0.6) is 0 Å². The summed E-state index contributed by atoms with van der Waals surface area (Å²) in [5, 5.41) is 5.12. The summed E-state index contributed by atoms with van der Waals surface area (Å²) in [5.74, 6) is -0.0361. The van der Waals surface area contributed by atoms with Crippen molar-refractivity contribution >= 4 is 32.4 Å². The number of benzene rings is 3. The number of piperazine rings is 1. The first-order valence-corrected chi connectivity index (χ1v) is 11.9. The predicted molar refractivity (Wildman–Crippen MR) is 124 cm³/mol. The van der Waals surface area contributed by atoms with Gasteiger partial charge in [0.1, 0.15) is 0 Å². The molecule has 31 heavy (non-hydrogen) atoms. The molecule has 3 aromatic rings. The van der Waals surface area contributed by atoms with Gasteiger partial charge in [-0.15, -0.1) is 0 Å². The highest BCUT2D eigenvalue weighted by molar-refractivity contribution is 7.89. The minimum absolute atomic E-state index is 0.0361. The van der Waals surface area contributed by atoms with Gasteiger partial charge in [-0.2, -0.15) is 4.31 Å². The third kappa shape index (κ3) is 4.95. The first-order chi connectivity index (χ1) is 14.9. The molecule has 0 unspecified atom stereocenters. The summed E-state index contributed by atoms with van der Waals surface area (Å²) in [4.78, 5) is 15.0. The van der Waals surface area contributed by atoms with Crippen molar-refractivity contribution < 1.29 is 13.2 Å². The minimum Gasteiger partial charge on any atom is -0.325 e. The van der Waals surface area contributed by atoms with Gasteiger partial charge in [0.2, 0.25) is 15.9 Å². The Hall–Kier alpha value is -2.74. The monoisotopic (exact) mass is 437 g/mol. The number of rotatable bonds is 6. The van der Waals surface area contributed by atoms with Gasteiger partial charge in [-0.1, -0.05) is 54.1 Å². The molecule has 0 aromatic heterocycles. The zero-order valence-corrected chi connectivity index (χ0v) is 18.4. The molecule has 0 bridgehead atoms. The normalized spacial score (nSPS) is 15.8. The fourth-order valence-electron chi connectivity index (χ4n) is 3.86. The number of fused-ring (bicyclic) bond motifs is 1. The first kappa shape index (κ1) is 21.5. The van der Waals surface area contributed by atoms with Crippen molar-refractivity contribution in [3.05, 3.63) is 72.3 Å². The number of sulfonamides is 1. The van der Waals surface area contributed by atoms with Gasteiger partial charge in [-0.3, -0.25) is 4.79 Å². The Bertz CT molecular complexity index is 1160. The lowest BCUT2D eigenvalue weighted by molar-refractivity contribution is -0.116. The molecule has 0 aliphatic carbocycles. The molecule has 0 radical (unpaired) electrons. The standard InChI is InChI=1S/C24H27N3O3S/c1-19-9-11-21(12-10-19)31(29,30)27-17-15-26(16-18-27)14-13-24(28)25-23-8-4-6-20-5-2-3-7-22(20)23/h2-12H,13-18H2,1H3,(H,25,28). The van der Waals surface area contributed by atoms with Crippen LogP contribution in [0.3, 0.4) is 0 Å². The molecule has 0 spiro atoms. The molecule has 162 valence electrons. The number of aryl methyl sites for hydroxylation is 1. The topological polar surface area (TPSA) is 69.7 Å². The van der Waals surface area contributed by atoms with Crippen LogP contribution in [0.2, 0.25) is 0 Å².